The molecule has 0 aliphatic carbocycles. The zero-order chi connectivity index (χ0) is 12.3. The summed E-state index contributed by atoms with van der Waals surface area (Å²) in [6.07, 6.45) is 1.19. The zero-order valence-corrected chi connectivity index (χ0v) is 11.1. The number of hydrogen-bond donors (Lipinski definition) is 0. The molecule has 1 rings (SSSR count). The maximum Gasteiger partial charge on any atom is 0.136 e. The summed E-state index contributed by atoms with van der Waals surface area (Å²) in [5.74, 6) is 0.258. The van der Waals surface area contributed by atoms with Crippen LogP contribution in [0.25, 0.3) is 0 Å². The highest BCUT2D eigenvalue weighted by Gasteiger charge is 2.19. The highest BCUT2D eigenvalue weighted by atomic mass is 79.9. The molecule has 1 aromatic rings. The maximum absolute atomic E-state index is 13.6. The monoisotopic (exact) mass is 288 g/mol. The van der Waals surface area contributed by atoms with Gasteiger partial charge in [-0.2, -0.15) is 0 Å². The van der Waals surface area contributed by atoms with Crippen LogP contribution in [0.3, 0.4) is 0 Å². The standard InChI is InChI=1S/C12H14BrFO2/c1-7(4-5-15)11-8(2)10(14)6-9(13)12(11)16-3/h5-7H,4H2,1-3H3. The molecule has 0 saturated heterocycles. The Kier molecular flexibility index (Phi) is 4.47. The van der Waals surface area contributed by atoms with E-state index < -0.39 is 0 Å². The molecule has 0 N–H and O–H groups in total. The van der Waals surface area contributed by atoms with Crippen molar-refractivity contribution < 1.29 is 13.9 Å². The first-order valence-electron chi connectivity index (χ1n) is 4.99. The predicted molar refractivity (Wildman–Crippen MR) is 64.5 cm³/mol. The minimum atomic E-state index is -0.291. The number of benzene rings is 1. The Labute approximate surface area is 103 Å². The summed E-state index contributed by atoms with van der Waals surface area (Å²) in [5.41, 5.74) is 1.29. The smallest absolute Gasteiger partial charge is 0.136 e. The van der Waals surface area contributed by atoms with Crippen LogP contribution in [0.1, 0.15) is 30.4 Å². The van der Waals surface area contributed by atoms with Crippen molar-refractivity contribution in [3.05, 3.63) is 27.5 Å². The van der Waals surface area contributed by atoms with Crippen molar-refractivity contribution >= 4 is 22.2 Å². The highest BCUT2D eigenvalue weighted by Crippen LogP contribution is 2.38. The van der Waals surface area contributed by atoms with E-state index in [2.05, 4.69) is 15.9 Å². The lowest BCUT2D eigenvalue weighted by Gasteiger charge is -2.18. The quantitative estimate of drug-likeness (QED) is 0.792. The lowest BCUT2D eigenvalue weighted by Crippen LogP contribution is -2.04. The Morgan fingerprint density at radius 2 is 2.25 bits per heavy atom. The molecule has 0 radical (unpaired) electrons. The molecule has 0 saturated carbocycles. The molecule has 0 spiro atoms. The van der Waals surface area contributed by atoms with Crippen LogP contribution >= 0.6 is 15.9 Å². The third-order valence-electron chi connectivity index (χ3n) is 2.62. The minimum absolute atomic E-state index is 0.0561. The van der Waals surface area contributed by atoms with E-state index in [1.54, 1.807) is 6.92 Å². The zero-order valence-electron chi connectivity index (χ0n) is 9.51. The van der Waals surface area contributed by atoms with Gasteiger partial charge in [-0.15, -0.1) is 0 Å². The Morgan fingerprint density at radius 1 is 1.62 bits per heavy atom. The number of rotatable bonds is 4. The van der Waals surface area contributed by atoms with E-state index in [0.717, 1.165) is 11.8 Å². The normalized spacial score (nSPS) is 12.3. The van der Waals surface area contributed by atoms with Crippen LogP contribution in [0.5, 0.6) is 5.75 Å². The third kappa shape index (κ3) is 2.43. The fraction of sp³-hybridized carbons (Fsp3) is 0.417. The van der Waals surface area contributed by atoms with Crippen molar-refractivity contribution in [2.45, 2.75) is 26.2 Å². The molecular formula is C12H14BrFO2. The van der Waals surface area contributed by atoms with Crippen LogP contribution in [-0.4, -0.2) is 13.4 Å². The topological polar surface area (TPSA) is 26.3 Å². The van der Waals surface area contributed by atoms with Crippen LogP contribution in [0, 0.1) is 12.7 Å². The molecule has 0 heterocycles. The molecule has 16 heavy (non-hydrogen) atoms. The van der Waals surface area contributed by atoms with Crippen LogP contribution in [0.15, 0.2) is 10.5 Å². The summed E-state index contributed by atoms with van der Waals surface area (Å²) < 4.78 is 19.4. The van der Waals surface area contributed by atoms with E-state index in [9.17, 15) is 9.18 Å². The number of aldehydes is 1. The van der Waals surface area contributed by atoms with Crippen molar-refractivity contribution in [2.75, 3.05) is 7.11 Å². The first kappa shape index (κ1) is 13.2. The van der Waals surface area contributed by atoms with Gasteiger partial charge in [0.05, 0.1) is 11.6 Å². The highest BCUT2D eigenvalue weighted by molar-refractivity contribution is 9.10. The second-order valence-corrected chi connectivity index (χ2v) is 4.57. The van der Waals surface area contributed by atoms with E-state index in [1.807, 2.05) is 6.92 Å². The van der Waals surface area contributed by atoms with E-state index in [4.69, 9.17) is 4.74 Å². The molecule has 0 fully saturated rings. The summed E-state index contributed by atoms with van der Waals surface area (Å²) >= 11 is 3.26. The van der Waals surface area contributed by atoms with E-state index in [1.165, 1.54) is 13.2 Å². The van der Waals surface area contributed by atoms with Gasteiger partial charge in [0.1, 0.15) is 17.9 Å². The van der Waals surface area contributed by atoms with Gasteiger partial charge >= 0.3 is 0 Å². The van der Waals surface area contributed by atoms with Crippen LogP contribution in [0.2, 0.25) is 0 Å². The SMILES string of the molecule is COc1c(Br)cc(F)c(C)c1C(C)CC=O. The van der Waals surface area contributed by atoms with E-state index >= 15 is 0 Å². The molecule has 2 nitrogen and oxygen atoms in total. The number of hydrogen-bond acceptors (Lipinski definition) is 2. The van der Waals surface area contributed by atoms with Gasteiger partial charge in [0.2, 0.25) is 0 Å². The molecule has 1 atom stereocenters. The van der Waals surface area contributed by atoms with Gasteiger partial charge < -0.3 is 9.53 Å². The molecule has 0 aliphatic rings. The van der Waals surface area contributed by atoms with Crippen LogP contribution in [-0.2, 0) is 4.79 Å². The van der Waals surface area contributed by atoms with Crippen LogP contribution in [0.4, 0.5) is 4.39 Å². The third-order valence-corrected chi connectivity index (χ3v) is 3.21. The van der Waals surface area contributed by atoms with Gasteiger partial charge in [-0.25, -0.2) is 4.39 Å². The maximum atomic E-state index is 13.6. The Balaban J connectivity index is 3.37. The number of carbonyl (C=O) groups is 1. The Bertz CT molecular complexity index is 404. The molecule has 4 heteroatoms. The average molecular weight is 289 g/mol. The first-order valence-corrected chi connectivity index (χ1v) is 5.78. The number of ether oxygens (including phenoxy) is 1. The molecule has 0 bridgehead atoms. The molecule has 88 valence electrons. The van der Waals surface area contributed by atoms with E-state index in [-0.39, 0.29) is 11.7 Å². The van der Waals surface area contributed by atoms with Crippen molar-refractivity contribution in [3.8, 4) is 5.75 Å². The van der Waals surface area contributed by atoms with Gasteiger partial charge in [0.15, 0.2) is 0 Å². The number of halogens is 2. The fourth-order valence-corrected chi connectivity index (χ4v) is 2.35. The van der Waals surface area contributed by atoms with Gasteiger partial charge in [-0.1, -0.05) is 6.92 Å². The summed E-state index contributed by atoms with van der Waals surface area (Å²) in [5, 5.41) is 0. The first-order chi connectivity index (χ1) is 7.52. The van der Waals surface area contributed by atoms with Gasteiger partial charge in [0, 0.05) is 12.0 Å². The summed E-state index contributed by atoms with van der Waals surface area (Å²) in [4.78, 5) is 10.5. The van der Waals surface area contributed by atoms with Gasteiger partial charge in [0.25, 0.3) is 0 Å². The molecular weight excluding hydrogens is 275 g/mol. The number of carbonyl (C=O) groups excluding carboxylic acids is 1. The predicted octanol–water partition coefficient (Wildman–Crippen LogP) is 3.60. The average Bonchev–Trinajstić information content (AvgIpc) is 2.23. The van der Waals surface area contributed by atoms with Crippen LogP contribution < -0.4 is 4.74 Å². The number of methoxy groups -OCH3 is 1. The molecule has 0 amide bonds. The molecule has 0 aliphatic heterocycles. The summed E-state index contributed by atoms with van der Waals surface area (Å²) in [7, 11) is 1.54. The molecule has 0 aromatic heterocycles. The molecule has 1 aromatic carbocycles. The summed E-state index contributed by atoms with van der Waals surface area (Å²) in [6.45, 7) is 3.58. The lowest BCUT2D eigenvalue weighted by atomic mass is 9.93. The minimum Gasteiger partial charge on any atom is -0.495 e. The van der Waals surface area contributed by atoms with Crippen molar-refractivity contribution in [1.29, 1.82) is 0 Å². The van der Waals surface area contributed by atoms with Crippen molar-refractivity contribution in [2.24, 2.45) is 0 Å². The van der Waals surface area contributed by atoms with E-state index in [0.29, 0.717) is 22.2 Å². The van der Waals surface area contributed by atoms with Crippen molar-refractivity contribution in [3.63, 3.8) is 0 Å². The molecule has 1 unspecified atom stereocenters. The largest absolute Gasteiger partial charge is 0.495 e. The lowest BCUT2D eigenvalue weighted by molar-refractivity contribution is -0.108. The van der Waals surface area contributed by atoms with Gasteiger partial charge in [-0.3, -0.25) is 0 Å². The fourth-order valence-electron chi connectivity index (χ4n) is 1.78. The Morgan fingerprint density at radius 3 is 2.75 bits per heavy atom. The second-order valence-electron chi connectivity index (χ2n) is 3.72. The summed E-state index contributed by atoms with van der Waals surface area (Å²) in [6, 6.07) is 1.38. The van der Waals surface area contributed by atoms with Crippen molar-refractivity contribution in [1.82, 2.24) is 0 Å². The second kappa shape index (κ2) is 5.43. The Hall–Kier alpha value is -0.900. The van der Waals surface area contributed by atoms with Gasteiger partial charge in [-0.05, 0) is 40.4 Å².